The standard InChI is InChI=1S/C19H34N4O2.ClH/c1-15(2)12-21-18(25)23-9-3-4-16(13-23)17(24)22-10-6-19(7-11-22)5-8-20-14-19;/h15-16,20H,3-14H2,1-2H3,(H,21,25);1H. The molecular weight excluding hydrogens is 352 g/mol. The summed E-state index contributed by atoms with van der Waals surface area (Å²) >= 11 is 0. The quantitative estimate of drug-likeness (QED) is 0.780. The van der Waals surface area contributed by atoms with E-state index in [9.17, 15) is 9.59 Å². The summed E-state index contributed by atoms with van der Waals surface area (Å²) in [5.74, 6) is 0.688. The molecule has 3 heterocycles. The lowest BCUT2D eigenvalue weighted by atomic mass is 9.77. The maximum Gasteiger partial charge on any atom is 0.317 e. The molecule has 3 rings (SSSR count). The average Bonchev–Trinajstić information content (AvgIpc) is 3.08. The van der Waals surface area contributed by atoms with Crippen molar-refractivity contribution in [3.8, 4) is 0 Å². The SMILES string of the molecule is CC(C)CNC(=O)N1CCCC(C(=O)N2CCC3(CCNC3)CC2)C1.Cl. The normalized spacial score (nSPS) is 25.3. The smallest absolute Gasteiger partial charge is 0.317 e. The van der Waals surface area contributed by atoms with Crippen molar-refractivity contribution in [2.45, 2.75) is 46.0 Å². The monoisotopic (exact) mass is 386 g/mol. The zero-order valence-electron chi connectivity index (χ0n) is 16.3. The van der Waals surface area contributed by atoms with E-state index in [1.165, 1.54) is 6.42 Å². The van der Waals surface area contributed by atoms with Crippen LogP contribution in [0.4, 0.5) is 4.79 Å². The first kappa shape index (κ1) is 21.3. The van der Waals surface area contributed by atoms with Crippen LogP contribution in [0, 0.1) is 17.3 Å². The summed E-state index contributed by atoms with van der Waals surface area (Å²) in [5, 5.41) is 6.45. The number of likely N-dealkylation sites (tertiary alicyclic amines) is 2. The third-order valence-electron chi connectivity index (χ3n) is 6.19. The van der Waals surface area contributed by atoms with E-state index >= 15 is 0 Å². The van der Waals surface area contributed by atoms with Crippen LogP contribution in [0.25, 0.3) is 0 Å². The summed E-state index contributed by atoms with van der Waals surface area (Å²) in [7, 11) is 0. The van der Waals surface area contributed by atoms with Crippen molar-refractivity contribution < 1.29 is 9.59 Å². The van der Waals surface area contributed by atoms with Gasteiger partial charge in [-0.3, -0.25) is 4.79 Å². The molecule has 3 fully saturated rings. The van der Waals surface area contributed by atoms with E-state index in [-0.39, 0.29) is 30.3 Å². The number of hydrogen-bond donors (Lipinski definition) is 2. The van der Waals surface area contributed by atoms with Crippen LogP contribution in [-0.4, -0.2) is 67.6 Å². The van der Waals surface area contributed by atoms with Crippen molar-refractivity contribution in [1.29, 1.82) is 0 Å². The minimum atomic E-state index is -0.0192. The van der Waals surface area contributed by atoms with Crippen LogP contribution in [0.15, 0.2) is 0 Å². The summed E-state index contributed by atoms with van der Waals surface area (Å²) in [6.45, 7) is 10.2. The topological polar surface area (TPSA) is 64.7 Å². The van der Waals surface area contributed by atoms with Gasteiger partial charge < -0.3 is 20.4 Å². The van der Waals surface area contributed by atoms with Gasteiger partial charge in [0.1, 0.15) is 0 Å². The fraction of sp³-hybridized carbons (Fsp3) is 0.895. The van der Waals surface area contributed by atoms with Crippen LogP contribution in [0.2, 0.25) is 0 Å². The van der Waals surface area contributed by atoms with Gasteiger partial charge in [0.05, 0.1) is 5.92 Å². The predicted octanol–water partition coefficient (Wildman–Crippen LogP) is 2.09. The van der Waals surface area contributed by atoms with E-state index in [4.69, 9.17) is 0 Å². The molecule has 0 aliphatic carbocycles. The lowest BCUT2D eigenvalue weighted by molar-refractivity contribution is -0.139. The number of amides is 3. The maximum atomic E-state index is 12.9. The number of rotatable bonds is 3. The minimum Gasteiger partial charge on any atom is -0.342 e. The molecule has 3 aliphatic rings. The van der Waals surface area contributed by atoms with Gasteiger partial charge in [-0.2, -0.15) is 0 Å². The fourth-order valence-corrected chi connectivity index (χ4v) is 4.45. The Kier molecular flexibility index (Phi) is 7.59. The third-order valence-corrected chi connectivity index (χ3v) is 6.19. The molecule has 2 N–H and O–H groups in total. The number of halogens is 1. The number of hydrogen-bond acceptors (Lipinski definition) is 3. The molecule has 7 heteroatoms. The first-order chi connectivity index (χ1) is 12.0. The molecule has 150 valence electrons. The Hall–Kier alpha value is -1.01. The van der Waals surface area contributed by atoms with E-state index in [1.54, 1.807) is 0 Å². The predicted molar refractivity (Wildman–Crippen MR) is 106 cm³/mol. The van der Waals surface area contributed by atoms with Gasteiger partial charge in [-0.25, -0.2) is 4.79 Å². The molecule has 26 heavy (non-hydrogen) atoms. The lowest BCUT2D eigenvalue weighted by Crippen LogP contribution is -2.52. The molecule has 0 aromatic carbocycles. The number of piperidine rings is 2. The lowest BCUT2D eigenvalue weighted by Gasteiger charge is -2.41. The molecule has 3 saturated heterocycles. The highest BCUT2D eigenvalue weighted by Gasteiger charge is 2.40. The number of carbonyl (C=O) groups is 2. The summed E-state index contributed by atoms with van der Waals surface area (Å²) in [4.78, 5) is 29.1. The summed E-state index contributed by atoms with van der Waals surface area (Å²) in [6.07, 6.45) is 5.33. The highest BCUT2D eigenvalue weighted by atomic mass is 35.5. The summed E-state index contributed by atoms with van der Waals surface area (Å²) < 4.78 is 0. The molecule has 0 saturated carbocycles. The Morgan fingerprint density at radius 2 is 1.88 bits per heavy atom. The first-order valence-corrected chi connectivity index (χ1v) is 10.0. The Morgan fingerprint density at radius 3 is 2.50 bits per heavy atom. The van der Waals surface area contributed by atoms with Gasteiger partial charge in [-0.15, -0.1) is 12.4 Å². The minimum absolute atomic E-state index is 0. The van der Waals surface area contributed by atoms with E-state index in [2.05, 4.69) is 29.4 Å². The van der Waals surface area contributed by atoms with Crippen molar-refractivity contribution in [3.05, 3.63) is 0 Å². The Bertz CT molecular complexity index is 484. The van der Waals surface area contributed by atoms with Crippen LogP contribution in [-0.2, 0) is 4.79 Å². The van der Waals surface area contributed by atoms with Gasteiger partial charge in [0, 0.05) is 39.3 Å². The molecule has 0 aromatic rings. The van der Waals surface area contributed by atoms with E-state index in [1.807, 2.05) is 4.90 Å². The third kappa shape index (κ3) is 5.03. The number of nitrogens with one attached hydrogen (secondary N) is 2. The highest BCUT2D eigenvalue weighted by molar-refractivity contribution is 5.85. The molecule has 1 spiro atoms. The second-order valence-corrected chi connectivity index (χ2v) is 8.62. The summed E-state index contributed by atoms with van der Waals surface area (Å²) in [5.41, 5.74) is 0.437. The van der Waals surface area contributed by atoms with Crippen molar-refractivity contribution >= 4 is 24.3 Å². The molecule has 1 unspecified atom stereocenters. The Balaban J connectivity index is 0.00000243. The van der Waals surface area contributed by atoms with E-state index in [0.29, 0.717) is 24.4 Å². The zero-order valence-corrected chi connectivity index (χ0v) is 17.1. The zero-order chi connectivity index (χ0) is 17.9. The van der Waals surface area contributed by atoms with Gasteiger partial charge in [-0.1, -0.05) is 13.8 Å². The molecular formula is C19H35ClN4O2. The van der Waals surface area contributed by atoms with Gasteiger partial charge >= 0.3 is 6.03 Å². The van der Waals surface area contributed by atoms with Crippen molar-refractivity contribution in [3.63, 3.8) is 0 Å². The molecule has 3 amide bonds. The van der Waals surface area contributed by atoms with Crippen LogP contribution in [0.3, 0.4) is 0 Å². The van der Waals surface area contributed by atoms with Crippen molar-refractivity contribution in [2.75, 3.05) is 45.8 Å². The van der Waals surface area contributed by atoms with Crippen LogP contribution in [0.5, 0.6) is 0 Å². The van der Waals surface area contributed by atoms with Crippen molar-refractivity contribution in [2.24, 2.45) is 17.3 Å². The van der Waals surface area contributed by atoms with Gasteiger partial charge in [0.2, 0.25) is 5.91 Å². The van der Waals surface area contributed by atoms with Crippen LogP contribution in [0.1, 0.15) is 46.0 Å². The number of carbonyl (C=O) groups excluding carboxylic acids is 2. The van der Waals surface area contributed by atoms with Gasteiger partial charge in [-0.05, 0) is 50.0 Å². The molecule has 6 nitrogen and oxygen atoms in total. The van der Waals surface area contributed by atoms with Crippen LogP contribution < -0.4 is 10.6 Å². The molecule has 0 aromatic heterocycles. The number of nitrogens with zero attached hydrogens (tertiary/aromatic N) is 2. The highest BCUT2D eigenvalue weighted by Crippen LogP contribution is 2.37. The second-order valence-electron chi connectivity index (χ2n) is 8.62. The largest absolute Gasteiger partial charge is 0.342 e. The maximum absolute atomic E-state index is 12.9. The average molecular weight is 387 g/mol. The van der Waals surface area contributed by atoms with Gasteiger partial charge in [0.15, 0.2) is 0 Å². The first-order valence-electron chi connectivity index (χ1n) is 10.0. The number of urea groups is 1. The van der Waals surface area contributed by atoms with E-state index in [0.717, 1.165) is 58.4 Å². The second kappa shape index (κ2) is 9.27. The fourth-order valence-electron chi connectivity index (χ4n) is 4.45. The van der Waals surface area contributed by atoms with E-state index < -0.39 is 0 Å². The molecule has 0 radical (unpaired) electrons. The van der Waals surface area contributed by atoms with Gasteiger partial charge in [0.25, 0.3) is 0 Å². The summed E-state index contributed by atoms with van der Waals surface area (Å²) in [6, 6.07) is -0.0131. The van der Waals surface area contributed by atoms with Crippen molar-refractivity contribution in [1.82, 2.24) is 20.4 Å². The van der Waals surface area contributed by atoms with Crippen LogP contribution >= 0.6 is 12.4 Å². The molecule has 3 aliphatic heterocycles. The Labute approximate surface area is 163 Å². The Morgan fingerprint density at radius 1 is 1.15 bits per heavy atom. The molecule has 0 bridgehead atoms. The molecule has 1 atom stereocenters.